The number of hydrogen-bond donors (Lipinski definition) is 3. The van der Waals surface area contributed by atoms with E-state index in [9.17, 15) is 19.2 Å². The SMILES string of the molecule is CCCCN1C(=O)[C@H](CC2CCCCC2)NC(=O)C12CCN(Cc1ccc(C(=O)NCC(=O)O)cc1)CC2. The molecule has 3 aliphatic rings. The summed E-state index contributed by atoms with van der Waals surface area (Å²) in [5, 5.41) is 14.3. The smallest absolute Gasteiger partial charge is 0.322 e. The molecule has 3 amide bonds. The van der Waals surface area contributed by atoms with Crippen LogP contribution in [0.4, 0.5) is 0 Å². The fraction of sp³-hybridized carbons (Fsp3) is 0.655. The van der Waals surface area contributed by atoms with Gasteiger partial charge < -0.3 is 20.6 Å². The van der Waals surface area contributed by atoms with Crippen molar-refractivity contribution in [2.75, 3.05) is 26.2 Å². The van der Waals surface area contributed by atoms with Crippen molar-refractivity contribution in [3.05, 3.63) is 35.4 Å². The summed E-state index contributed by atoms with van der Waals surface area (Å²) in [5.41, 5.74) is 0.687. The molecule has 2 saturated heterocycles. The summed E-state index contributed by atoms with van der Waals surface area (Å²) in [6.45, 7) is 4.43. The van der Waals surface area contributed by atoms with Gasteiger partial charge in [-0.1, -0.05) is 57.6 Å². The van der Waals surface area contributed by atoms with Gasteiger partial charge in [-0.3, -0.25) is 24.1 Å². The van der Waals surface area contributed by atoms with Crippen LogP contribution < -0.4 is 10.6 Å². The lowest BCUT2D eigenvalue weighted by Crippen LogP contribution is -2.73. The summed E-state index contributed by atoms with van der Waals surface area (Å²) in [4.78, 5) is 54.3. The van der Waals surface area contributed by atoms with E-state index in [2.05, 4.69) is 22.5 Å². The summed E-state index contributed by atoms with van der Waals surface area (Å²) in [7, 11) is 0. The number of likely N-dealkylation sites (tertiary alicyclic amines) is 1. The number of benzene rings is 1. The molecule has 0 unspecified atom stereocenters. The van der Waals surface area contributed by atoms with Gasteiger partial charge in [-0.05, 0) is 49.3 Å². The molecule has 9 nitrogen and oxygen atoms in total. The lowest BCUT2D eigenvalue weighted by Gasteiger charge is -2.52. The van der Waals surface area contributed by atoms with Crippen molar-refractivity contribution in [3.8, 4) is 0 Å². The van der Waals surface area contributed by atoms with Crippen LogP contribution in [0.5, 0.6) is 0 Å². The van der Waals surface area contributed by atoms with E-state index in [1.165, 1.54) is 19.3 Å². The van der Waals surface area contributed by atoms with Crippen LogP contribution in [0.1, 0.15) is 87.1 Å². The predicted octanol–water partition coefficient (Wildman–Crippen LogP) is 2.93. The Hall–Kier alpha value is -2.94. The highest BCUT2D eigenvalue weighted by Crippen LogP contribution is 2.36. The number of unbranched alkanes of at least 4 members (excludes halogenated alkanes) is 1. The van der Waals surface area contributed by atoms with Crippen LogP contribution >= 0.6 is 0 Å². The molecule has 208 valence electrons. The summed E-state index contributed by atoms with van der Waals surface area (Å²) in [6, 6.07) is 6.76. The van der Waals surface area contributed by atoms with E-state index in [0.29, 0.717) is 50.5 Å². The number of hydrogen-bond acceptors (Lipinski definition) is 5. The average Bonchev–Trinajstić information content (AvgIpc) is 2.92. The Labute approximate surface area is 225 Å². The van der Waals surface area contributed by atoms with Gasteiger partial charge in [-0.25, -0.2) is 0 Å². The molecule has 1 aromatic carbocycles. The van der Waals surface area contributed by atoms with Gasteiger partial charge in [0.2, 0.25) is 11.8 Å². The minimum atomic E-state index is -1.08. The van der Waals surface area contributed by atoms with Crippen LogP contribution in [0.25, 0.3) is 0 Å². The number of rotatable bonds is 10. The summed E-state index contributed by atoms with van der Waals surface area (Å²) in [6.07, 6.45) is 9.89. The van der Waals surface area contributed by atoms with Crippen LogP contribution in [0.15, 0.2) is 24.3 Å². The van der Waals surface area contributed by atoms with Gasteiger partial charge in [0, 0.05) is 31.7 Å². The number of piperazine rings is 1. The highest BCUT2D eigenvalue weighted by Gasteiger charge is 2.53. The van der Waals surface area contributed by atoms with E-state index >= 15 is 0 Å². The monoisotopic (exact) mass is 526 g/mol. The van der Waals surface area contributed by atoms with Crippen LogP contribution in [0, 0.1) is 5.92 Å². The molecule has 1 spiro atoms. The van der Waals surface area contributed by atoms with Gasteiger partial charge in [0.15, 0.2) is 0 Å². The second-order valence-electron chi connectivity index (χ2n) is 11.2. The van der Waals surface area contributed by atoms with Gasteiger partial charge in [0.25, 0.3) is 5.91 Å². The molecule has 3 N–H and O–H groups in total. The highest BCUT2D eigenvalue weighted by molar-refractivity contribution is 6.00. The molecule has 38 heavy (non-hydrogen) atoms. The van der Waals surface area contributed by atoms with E-state index in [1.807, 2.05) is 17.0 Å². The van der Waals surface area contributed by atoms with E-state index in [-0.39, 0.29) is 11.8 Å². The Balaban J connectivity index is 1.37. The average molecular weight is 527 g/mol. The van der Waals surface area contributed by atoms with Crippen LogP contribution in [-0.4, -0.2) is 76.4 Å². The van der Waals surface area contributed by atoms with Crippen molar-refractivity contribution in [2.45, 2.75) is 89.3 Å². The number of carboxylic acid groups (broad SMARTS) is 1. The molecule has 3 fully saturated rings. The van der Waals surface area contributed by atoms with E-state index in [1.54, 1.807) is 12.1 Å². The first kappa shape index (κ1) is 28.1. The van der Waals surface area contributed by atoms with Crippen molar-refractivity contribution in [3.63, 3.8) is 0 Å². The first-order valence-electron chi connectivity index (χ1n) is 14.3. The first-order valence-corrected chi connectivity index (χ1v) is 14.3. The maximum atomic E-state index is 13.7. The number of aliphatic carboxylic acids is 1. The zero-order chi connectivity index (χ0) is 27.1. The highest BCUT2D eigenvalue weighted by atomic mass is 16.4. The van der Waals surface area contributed by atoms with E-state index in [4.69, 9.17) is 5.11 Å². The van der Waals surface area contributed by atoms with E-state index in [0.717, 1.165) is 37.7 Å². The Morgan fingerprint density at radius 1 is 1.08 bits per heavy atom. The second kappa shape index (κ2) is 12.7. The van der Waals surface area contributed by atoms with Crippen molar-refractivity contribution < 1.29 is 24.3 Å². The minimum Gasteiger partial charge on any atom is -0.480 e. The fourth-order valence-electron chi connectivity index (χ4n) is 6.29. The quantitative estimate of drug-likeness (QED) is 0.431. The molecule has 9 heteroatoms. The molecule has 1 saturated carbocycles. The Kier molecular flexibility index (Phi) is 9.41. The number of carboxylic acids is 1. The third-order valence-electron chi connectivity index (χ3n) is 8.54. The van der Waals surface area contributed by atoms with E-state index < -0.39 is 30.0 Å². The maximum Gasteiger partial charge on any atom is 0.322 e. The molecule has 2 aliphatic heterocycles. The van der Waals surface area contributed by atoms with Gasteiger partial charge in [-0.15, -0.1) is 0 Å². The largest absolute Gasteiger partial charge is 0.480 e. The normalized spacial score (nSPS) is 22.3. The number of nitrogens with zero attached hydrogens (tertiary/aromatic N) is 2. The molecule has 0 bridgehead atoms. The van der Waals surface area contributed by atoms with Crippen molar-refractivity contribution in [1.29, 1.82) is 0 Å². The molecule has 1 atom stereocenters. The van der Waals surface area contributed by atoms with Crippen LogP contribution in [0.3, 0.4) is 0 Å². The Morgan fingerprint density at radius 3 is 2.39 bits per heavy atom. The summed E-state index contributed by atoms with van der Waals surface area (Å²) >= 11 is 0. The van der Waals surface area contributed by atoms with Gasteiger partial charge in [0.1, 0.15) is 18.1 Å². The molecule has 4 rings (SSSR count). The Morgan fingerprint density at radius 2 is 1.76 bits per heavy atom. The first-order chi connectivity index (χ1) is 18.3. The summed E-state index contributed by atoms with van der Waals surface area (Å²) in [5.74, 6) is -0.851. The molecule has 1 aliphatic carbocycles. The Bertz CT molecular complexity index is 997. The third-order valence-corrected chi connectivity index (χ3v) is 8.54. The van der Waals surface area contributed by atoms with Gasteiger partial charge in [0.05, 0.1) is 0 Å². The van der Waals surface area contributed by atoms with Crippen LogP contribution in [0.2, 0.25) is 0 Å². The number of nitrogens with one attached hydrogen (secondary N) is 2. The fourth-order valence-corrected chi connectivity index (χ4v) is 6.29. The number of carbonyl (C=O) groups is 4. The van der Waals surface area contributed by atoms with Gasteiger partial charge in [-0.2, -0.15) is 0 Å². The number of piperidine rings is 1. The summed E-state index contributed by atoms with van der Waals surface area (Å²) < 4.78 is 0. The molecule has 1 aromatic rings. The van der Waals surface area contributed by atoms with Crippen LogP contribution in [-0.2, 0) is 20.9 Å². The predicted molar refractivity (Wildman–Crippen MR) is 143 cm³/mol. The molecular weight excluding hydrogens is 484 g/mol. The molecule has 0 radical (unpaired) electrons. The van der Waals surface area contributed by atoms with Crippen molar-refractivity contribution in [2.24, 2.45) is 5.92 Å². The lowest BCUT2D eigenvalue weighted by atomic mass is 9.79. The van der Waals surface area contributed by atoms with Crippen molar-refractivity contribution >= 4 is 23.7 Å². The van der Waals surface area contributed by atoms with Crippen molar-refractivity contribution in [1.82, 2.24) is 20.4 Å². The zero-order valence-corrected chi connectivity index (χ0v) is 22.5. The molecule has 0 aromatic heterocycles. The standard InChI is InChI=1S/C29H42N4O5/c1-2-3-15-33-27(37)24(18-21-7-5-4-6-8-21)31-28(38)29(33)13-16-32(17-14-29)20-22-9-11-23(12-10-22)26(36)30-19-25(34)35/h9-12,21,24H,2-8,13-20H2,1H3,(H,30,36)(H,31,38)(H,34,35)/t24-/m0/s1. The minimum absolute atomic E-state index is 0.0189. The number of carbonyl (C=O) groups excluding carboxylic acids is 3. The second-order valence-corrected chi connectivity index (χ2v) is 11.2. The topological polar surface area (TPSA) is 119 Å². The zero-order valence-electron chi connectivity index (χ0n) is 22.5. The maximum absolute atomic E-state index is 13.7. The third kappa shape index (κ3) is 6.54. The lowest BCUT2D eigenvalue weighted by molar-refractivity contribution is -0.162. The molecular formula is C29H42N4O5. The number of amides is 3. The molecule has 2 heterocycles. The van der Waals surface area contributed by atoms with Gasteiger partial charge >= 0.3 is 5.97 Å².